The summed E-state index contributed by atoms with van der Waals surface area (Å²) in [5.74, 6) is -1.62. The van der Waals surface area contributed by atoms with Crippen molar-refractivity contribution in [2.45, 2.75) is 64.6 Å². The van der Waals surface area contributed by atoms with Crippen molar-refractivity contribution in [1.82, 2.24) is 30.4 Å². The number of tetrazole rings is 1. The number of rotatable bonds is 8. The summed E-state index contributed by atoms with van der Waals surface area (Å²) in [6, 6.07) is -2.34. The first-order chi connectivity index (χ1) is 13.5. The van der Waals surface area contributed by atoms with E-state index in [2.05, 4.69) is 27.7 Å². The number of carboxylic acid groups (broad SMARTS) is 1. The van der Waals surface area contributed by atoms with Crippen LogP contribution >= 0.6 is 0 Å². The molecule has 0 saturated carbocycles. The molecule has 0 aromatic carbocycles. The van der Waals surface area contributed by atoms with E-state index >= 15 is 0 Å². The molecule has 2 rings (SSSR count). The van der Waals surface area contributed by atoms with E-state index in [0.717, 1.165) is 0 Å². The van der Waals surface area contributed by atoms with E-state index in [0.29, 0.717) is 12.8 Å². The first-order valence-electron chi connectivity index (χ1n) is 9.52. The average Bonchev–Trinajstić information content (AvgIpc) is 3.24. The van der Waals surface area contributed by atoms with Crippen molar-refractivity contribution in [3.63, 3.8) is 0 Å². The first-order valence-corrected chi connectivity index (χ1v) is 9.52. The molecular weight excluding hydrogens is 465 g/mol. The van der Waals surface area contributed by atoms with Crippen LogP contribution in [0, 0.1) is 18.9 Å². The molecule has 1 fully saturated rings. The summed E-state index contributed by atoms with van der Waals surface area (Å²) in [5.41, 5.74) is -0.611. The van der Waals surface area contributed by atoms with E-state index in [1.54, 1.807) is 0 Å². The number of allylic oxidation sites excluding steroid dienone is 1. The second kappa shape index (κ2) is 11.0. The number of hydrogen-bond acceptors (Lipinski definition) is 6. The molecule has 30 heavy (non-hydrogen) atoms. The Balaban J connectivity index is 0.00000450. The maximum absolute atomic E-state index is 13.3. The molecule has 1 aliphatic rings. The smallest absolute Gasteiger partial charge is 0.326 e. The number of likely N-dealkylation sites (tertiary alicyclic amines) is 1. The fraction of sp³-hybridized carbons (Fsp3) is 0.632. The molecule has 3 atom stereocenters. The largest absolute Gasteiger partial charge is 0.518 e. The van der Waals surface area contributed by atoms with Crippen molar-refractivity contribution in [3.05, 3.63) is 25.4 Å². The van der Waals surface area contributed by atoms with Gasteiger partial charge in [-0.3, -0.25) is 15.7 Å². The Morgan fingerprint density at radius 1 is 1.40 bits per heavy atom. The van der Waals surface area contributed by atoms with Crippen molar-refractivity contribution in [1.29, 1.82) is 0 Å². The summed E-state index contributed by atoms with van der Waals surface area (Å²) in [4.78, 5) is 40.0. The van der Waals surface area contributed by atoms with Gasteiger partial charge in [0.25, 0.3) is 0 Å². The Kier molecular flexibility index (Phi) is 9.61. The van der Waals surface area contributed by atoms with Crippen LogP contribution < -0.4 is 5.32 Å². The molecule has 1 aromatic heterocycles. The third kappa shape index (κ3) is 6.60. The van der Waals surface area contributed by atoms with Crippen LogP contribution in [0.1, 0.15) is 58.3 Å². The number of nitrogens with one attached hydrogen (secondary N) is 1. The molecule has 0 bridgehead atoms. The minimum Gasteiger partial charge on any atom is -0.518 e. The average molecular weight is 493 g/mol. The van der Waals surface area contributed by atoms with E-state index in [4.69, 9.17) is 6.58 Å². The summed E-state index contributed by atoms with van der Waals surface area (Å²) in [5, 5.41) is 24.0. The number of nitrogens with zero attached hydrogens (tertiary/aromatic N) is 5. The second-order valence-corrected chi connectivity index (χ2v) is 8.25. The van der Waals surface area contributed by atoms with Gasteiger partial charge in [-0.25, -0.2) is 4.79 Å². The minimum absolute atomic E-state index is 0. The molecular formula is C19H28N6O4Y-2. The molecule has 1 aromatic rings. The van der Waals surface area contributed by atoms with Crippen molar-refractivity contribution in [3.8, 4) is 0 Å². The van der Waals surface area contributed by atoms with Gasteiger partial charge in [0.1, 0.15) is 12.1 Å². The standard InChI is InChI=1S/C19H28N6O4.Y/c1-6-7-8-9-15(26)20-16(19(3,4)5)17(27)24-11-13(10-14(24)18(28)29)25-22-12(2)21-23-25;/h1,6,13-14,16H,2,7-11H2,3-5H3,(H,20,26)(H,28,29);/q-2;/t13-,14+,16-;/m1./s1. The Bertz CT molecular complexity index is 775. The number of carbonyl (C=O) groups is 3. The molecule has 2 amide bonds. The normalized spacial score (nSPS) is 19.6. The quantitative estimate of drug-likeness (QED) is 0.404. The molecule has 1 aliphatic heterocycles. The van der Waals surface area contributed by atoms with Crippen LogP contribution in [0.25, 0.3) is 0 Å². The summed E-state index contributed by atoms with van der Waals surface area (Å²) in [6.07, 6.45) is 3.02. The van der Waals surface area contributed by atoms with Crippen LogP contribution in [0.4, 0.5) is 0 Å². The molecule has 2 N–H and O–H groups in total. The van der Waals surface area contributed by atoms with Crippen LogP contribution in [-0.2, 0) is 47.1 Å². The zero-order valence-electron chi connectivity index (χ0n) is 17.6. The first kappa shape index (κ1) is 26.2. The van der Waals surface area contributed by atoms with E-state index < -0.39 is 35.4 Å². The number of hydrogen-bond donors (Lipinski definition) is 2. The van der Waals surface area contributed by atoms with E-state index in [9.17, 15) is 19.5 Å². The van der Waals surface area contributed by atoms with Gasteiger partial charge in [-0.05, 0) is 17.0 Å². The monoisotopic (exact) mass is 493 g/mol. The molecule has 163 valence electrons. The van der Waals surface area contributed by atoms with Gasteiger partial charge in [-0.1, -0.05) is 27.2 Å². The van der Waals surface area contributed by atoms with E-state index in [1.165, 1.54) is 15.8 Å². The molecule has 1 radical (unpaired) electrons. The molecule has 11 heteroatoms. The molecule has 0 unspecified atom stereocenters. The van der Waals surface area contributed by atoms with Crippen molar-refractivity contribution in [2.75, 3.05) is 6.54 Å². The molecule has 1 saturated heterocycles. The molecule has 0 spiro atoms. The maximum Gasteiger partial charge on any atom is 0.326 e. The number of amides is 2. The second-order valence-electron chi connectivity index (χ2n) is 8.25. The molecule has 10 nitrogen and oxygen atoms in total. The van der Waals surface area contributed by atoms with E-state index in [1.807, 2.05) is 20.8 Å². The fourth-order valence-corrected chi connectivity index (χ4v) is 3.30. The summed E-state index contributed by atoms with van der Waals surface area (Å²) < 4.78 is 0. The number of unbranched alkanes of at least 4 members (excludes halogenated alkanes) is 1. The predicted octanol–water partition coefficient (Wildman–Crippen LogP) is 0.770. The summed E-state index contributed by atoms with van der Waals surface area (Å²) >= 11 is 0. The van der Waals surface area contributed by atoms with Gasteiger partial charge in [0.2, 0.25) is 11.8 Å². The van der Waals surface area contributed by atoms with Gasteiger partial charge in [-0.2, -0.15) is 9.90 Å². The summed E-state index contributed by atoms with van der Waals surface area (Å²) in [6.45, 7) is 14.5. The number of carboxylic acids is 1. The topological polar surface area (TPSA) is 130 Å². The number of aliphatic carboxylic acids is 1. The van der Waals surface area contributed by atoms with Gasteiger partial charge in [0, 0.05) is 57.9 Å². The number of aromatic nitrogens is 4. The predicted molar refractivity (Wildman–Crippen MR) is 103 cm³/mol. The van der Waals surface area contributed by atoms with Crippen molar-refractivity contribution < 1.29 is 52.2 Å². The number of carbonyl (C=O) groups excluding carboxylic acids is 2. The van der Waals surface area contributed by atoms with Gasteiger partial charge in [0.15, 0.2) is 0 Å². The maximum atomic E-state index is 13.3. The minimum atomic E-state index is -1.12. The fourth-order valence-electron chi connectivity index (χ4n) is 3.30. The Hall–Kier alpha value is -1.81. The Morgan fingerprint density at radius 2 is 2.07 bits per heavy atom. The van der Waals surface area contributed by atoms with Gasteiger partial charge >= 0.3 is 5.97 Å². The van der Waals surface area contributed by atoms with Gasteiger partial charge in [-0.15, -0.1) is 5.10 Å². The van der Waals surface area contributed by atoms with Crippen LogP contribution in [0.3, 0.4) is 0 Å². The molecule has 2 heterocycles. The Labute approximate surface area is 201 Å². The van der Waals surface area contributed by atoms with Gasteiger partial charge < -0.3 is 28.8 Å². The van der Waals surface area contributed by atoms with Crippen LogP contribution in [0.2, 0.25) is 0 Å². The van der Waals surface area contributed by atoms with Crippen molar-refractivity contribution in [2.24, 2.45) is 5.41 Å². The van der Waals surface area contributed by atoms with Gasteiger partial charge in [0.05, 0.1) is 6.04 Å². The SMILES string of the molecule is [CH-]=CCCCC(=O)N[C@H](C(=O)N1C[C@H](n2nnc([CH2-])n2)C[C@H]1C(=O)O)C(C)(C)C.[Y]. The molecule has 0 aliphatic carbocycles. The van der Waals surface area contributed by atoms with Crippen LogP contribution in [0.15, 0.2) is 6.08 Å². The van der Waals surface area contributed by atoms with Crippen molar-refractivity contribution >= 4 is 17.8 Å². The van der Waals surface area contributed by atoms with E-state index in [-0.39, 0.29) is 63.8 Å². The Morgan fingerprint density at radius 3 is 2.57 bits per heavy atom. The zero-order valence-corrected chi connectivity index (χ0v) is 20.5. The third-order valence-corrected chi connectivity index (χ3v) is 4.84. The third-order valence-electron chi connectivity index (χ3n) is 4.84. The van der Waals surface area contributed by atoms with Crippen LogP contribution in [0.5, 0.6) is 0 Å². The summed E-state index contributed by atoms with van der Waals surface area (Å²) in [7, 11) is 0. The zero-order chi connectivity index (χ0) is 21.8. The van der Waals surface area contributed by atoms with Crippen LogP contribution in [-0.4, -0.2) is 66.6 Å².